The summed E-state index contributed by atoms with van der Waals surface area (Å²) >= 11 is 0. The molecule has 0 saturated heterocycles. The topological polar surface area (TPSA) is 50.4 Å². The molecule has 0 radical (unpaired) electrons. The van der Waals surface area contributed by atoms with Crippen molar-refractivity contribution in [3.63, 3.8) is 0 Å². The van der Waals surface area contributed by atoms with E-state index >= 15 is 0 Å². The summed E-state index contributed by atoms with van der Waals surface area (Å²) in [6.45, 7) is 3.69. The van der Waals surface area contributed by atoms with Gasteiger partial charge in [0.15, 0.2) is 0 Å². The summed E-state index contributed by atoms with van der Waals surface area (Å²) in [7, 11) is 1.80. The van der Waals surface area contributed by atoms with Crippen molar-refractivity contribution in [2.75, 3.05) is 12.4 Å². The number of hydrogen-bond acceptors (Lipinski definition) is 3. The van der Waals surface area contributed by atoms with Crippen LogP contribution in [0.3, 0.4) is 0 Å². The summed E-state index contributed by atoms with van der Waals surface area (Å²) < 4.78 is 5.60. The van der Waals surface area contributed by atoms with Gasteiger partial charge in [-0.05, 0) is 37.5 Å². The molecule has 4 nitrogen and oxygen atoms in total. The van der Waals surface area contributed by atoms with Gasteiger partial charge in [-0.1, -0.05) is 25.0 Å². The van der Waals surface area contributed by atoms with Crippen LogP contribution in [0.15, 0.2) is 24.3 Å². The Labute approximate surface area is 127 Å². The van der Waals surface area contributed by atoms with Crippen molar-refractivity contribution in [1.82, 2.24) is 5.32 Å². The van der Waals surface area contributed by atoms with E-state index in [1.807, 2.05) is 18.2 Å². The van der Waals surface area contributed by atoms with Crippen LogP contribution in [0.4, 0.5) is 5.69 Å². The monoisotopic (exact) mass is 290 g/mol. The Morgan fingerprint density at radius 2 is 2.10 bits per heavy atom. The highest BCUT2D eigenvalue weighted by Gasteiger charge is 2.26. The molecule has 0 aliphatic heterocycles. The lowest BCUT2D eigenvalue weighted by Gasteiger charge is -2.33. The predicted molar refractivity (Wildman–Crippen MR) is 85.3 cm³/mol. The maximum absolute atomic E-state index is 11.1. The molecule has 4 heteroatoms. The summed E-state index contributed by atoms with van der Waals surface area (Å²) in [5.41, 5.74) is 2.03. The Balaban J connectivity index is 2.01. The lowest BCUT2D eigenvalue weighted by Crippen LogP contribution is -2.44. The number of methoxy groups -OCH3 is 1. The molecule has 21 heavy (non-hydrogen) atoms. The van der Waals surface area contributed by atoms with Gasteiger partial charge in [-0.25, -0.2) is 0 Å². The molecule has 2 rings (SSSR count). The first kappa shape index (κ1) is 16.0. The van der Waals surface area contributed by atoms with E-state index in [1.54, 1.807) is 7.11 Å². The Morgan fingerprint density at radius 1 is 1.33 bits per heavy atom. The summed E-state index contributed by atoms with van der Waals surface area (Å²) in [6, 6.07) is 8.66. The van der Waals surface area contributed by atoms with Crippen LogP contribution in [-0.2, 0) is 9.53 Å². The van der Waals surface area contributed by atoms with Gasteiger partial charge in [0.1, 0.15) is 0 Å². The number of hydrogen-bond donors (Lipinski definition) is 2. The van der Waals surface area contributed by atoms with Gasteiger partial charge in [0.2, 0.25) is 5.91 Å². The van der Waals surface area contributed by atoms with Crippen LogP contribution in [0.1, 0.15) is 51.1 Å². The lowest BCUT2D eigenvalue weighted by atomic mass is 9.91. The average Bonchev–Trinajstić information content (AvgIpc) is 2.47. The van der Waals surface area contributed by atoms with Crippen LogP contribution in [0.25, 0.3) is 0 Å². The van der Waals surface area contributed by atoms with Crippen molar-refractivity contribution in [2.24, 2.45) is 0 Å². The predicted octanol–water partition coefficient (Wildman–Crippen LogP) is 3.25. The number of carbonyl (C=O) groups is 1. The number of carbonyl (C=O) groups excluding carboxylic acids is 1. The molecule has 3 unspecified atom stereocenters. The summed E-state index contributed by atoms with van der Waals surface area (Å²) in [5.74, 6) is -0.0421. The van der Waals surface area contributed by atoms with E-state index < -0.39 is 0 Å². The van der Waals surface area contributed by atoms with E-state index in [4.69, 9.17) is 4.74 Å². The molecule has 0 heterocycles. The molecular formula is C17H26N2O2. The van der Waals surface area contributed by atoms with Gasteiger partial charge in [-0.2, -0.15) is 0 Å². The molecule has 3 atom stereocenters. The van der Waals surface area contributed by atoms with Crippen LogP contribution in [0.2, 0.25) is 0 Å². The summed E-state index contributed by atoms with van der Waals surface area (Å²) in [5, 5.41) is 6.51. The number of ether oxygens (including phenoxy) is 1. The standard InChI is InChI=1S/C17H26N2O2/c1-12(18-16-9-4-5-10-17(16)21-3)14-7-6-8-15(11-14)19-13(2)20/h6-8,11-12,16-18H,4-5,9-10H2,1-3H3,(H,19,20). The van der Waals surface area contributed by atoms with E-state index in [0.717, 1.165) is 18.5 Å². The van der Waals surface area contributed by atoms with Crippen molar-refractivity contribution in [3.05, 3.63) is 29.8 Å². The van der Waals surface area contributed by atoms with Gasteiger partial charge < -0.3 is 15.4 Å². The molecule has 0 bridgehead atoms. The molecule has 1 aromatic rings. The first-order valence-corrected chi connectivity index (χ1v) is 7.76. The second-order valence-corrected chi connectivity index (χ2v) is 5.86. The van der Waals surface area contributed by atoms with Crippen molar-refractivity contribution in [3.8, 4) is 0 Å². The smallest absolute Gasteiger partial charge is 0.221 e. The Kier molecular flexibility index (Phi) is 5.76. The van der Waals surface area contributed by atoms with E-state index in [-0.39, 0.29) is 11.9 Å². The fourth-order valence-corrected chi connectivity index (χ4v) is 3.08. The second-order valence-electron chi connectivity index (χ2n) is 5.86. The zero-order valence-electron chi connectivity index (χ0n) is 13.2. The fourth-order valence-electron chi connectivity index (χ4n) is 3.08. The largest absolute Gasteiger partial charge is 0.380 e. The van der Waals surface area contributed by atoms with E-state index in [2.05, 4.69) is 23.6 Å². The minimum Gasteiger partial charge on any atom is -0.380 e. The third-order valence-corrected chi connectivity index (χ3v) is 4.18. The van der Waals surface area contributed by atoms with Crippen LogP contribution in [-0.4, -0.2) is 25.2 Å². The molecule has 1 aromatic carbocycles. The number of rotatable bonds is 5. The zero-order valence-corrected chi connectivity index (χ0v) is 13.2. The van der Waals surface area contributed by atoms with Crippen LogP contribution in [0, 0.1) is 0 Å². The van der Waals surface area contributed by atoms with Crippen LogP contribution < -0.4 is 10.6 Å². The summed E-state index contributed by atoms with van der Waals surface area (Å²) in [6.07, 6.45) is 5.11. The van der Waals surface area contributed by atoms with Crippen molar-refractivity contribution < 1.29 is 9.53 Å². The van der Waals surface area contributed by atoms with Gasteiger partial charge in [0.25, 0.3) is 0 Å². The number of anilines is 1. The maximum atomic E-state index is 11.1. The molecule has 1 fully saturated rings. The third-order valence-electron chi connectivity index (χ3n) is 4.18. The zero-order chi connectivity index (χ0) is 15.2. The Bertz CT molecular complexity index is 476. The third kappa shape index (κ3) is 4.55. The van der Waals surface area contributed by atoms with Crippen LogP contribution in [0.5, 0.6) is 0 Å². The fraction of sp³-hybridized carbons (Fsp3) is 0.588. The summed E-state index contributed by atoms with van der Waals surface area (Å²) in [4.78, 5) is 11.1. The van der Waals surface area contributed by atoms with Crippen molar-refractivity contribution in [2.45, 2.75) is 57.7 Å². The Hall–Kier alpha value is -1.39. The molecule has 0 aromatic heterocycles. The number of nitrogens with one attached hydrogen (secondary N) is 2. The highest BCUT2D eigenvalue weighted by molar-refractivity contribution is 5.88. The second kappa shape index (κ2) is 7.57. The quantitative estimate of drug-likeness (QED) is 0.875. The SMILES string of the molecule is COC1CCCCC1NC(C)c1cccc(NC(C)=O)c1. The number of benzene rings is 1. The van der Waals surface area contributed by atoms with Gasteiger partial charge in [-0.15, -0.1) is 0 Å². The molecule has 1 saturated carbocycles. The molecule has 2 N–H and O–H groups in total. The highest BCUT2D eigenvalue weighted by atomic mass is 16.5. The van der Waals surface area contributed by atoms with Crippen molar-refractivity contribution in [1.29, 1.82) is 0 Å². The Morgan fingerprint density at radius 3 is 2.81 bits per heavy atom. The molecule has 1 aliphatic carbocycles. The minimum atomic E-state index is -0.0421. The highest BCUT2D eigenvalue weighted by Crippen LogP contribution is 2.24. The van der Waals surface area contributed by atoms with E-state index in [9.17, 15) is 4.79 Å². The molecule has 1 amide bonds. The minimum absolute atomic E-state index is 0.0421. The van der Waals surface area contributed by atoms with Gasteiger partial charge >= 0.3 is 0 Å². The average molecular weight is 290 g/mol. The molecule has 0 spiro atoms. The van der Waals surface area contributed by atoms with Gasteiger partial charge in [0, 0.05) is 31.8 Å². The lowest BCUT2D eigenvalue weighted by molar-refractivity contribution is -0.114. The molecule has 1 aliphatic rings. The normalized spacial score (nSPS) is 23.6. The van der Waals surface area contributed by atoms with Gasteiger partial charge in [0.05, 0.1) is 6.10 Å². The number of amides is 1. The van der Waals surface area contributed by atoms with E-state index in [1.165, 1.54) is 25.3 Å². The molecule has 116 valence electrons. The molecular weight excluding hydrogens is 264 g/mol. The van der Waals surface area contributed by atoms with Gasteiger partial charge in [-0.3, -0.25) is 4.79 Å². The first-order valence-electron chi connectivity index (χ1n) is 7.76. The maximum Gasteiger partial charge on any atom is 0.221 e. The first-order chi connectivity index (χ1) is 10.1. The van der Waals surface area contributed by atoms with Crippen LogP contribution >= 0.6 is 0 Å². The van der Waals surface area contributed by atoms with E-state index in [0.29, 0.717) is 12.1 Å². The van der Waals surface area contributed by atoms with Crippen molar-refractivity contribution >= 4 is 11.6 Å².